The van der Waals surface area contributed by atoms with Crippen LogP contribution in [0.15, 0.2) is 206 Å². The maximum atomic E-state index is 2.42. The molecule has 0 radical (unpaired) electrons. The van der Waals surface area contributed by atoms with Gasteiger partial charge in [0.25, 0.3) is 0 Å². The zero-order valence-electron chi connectivity index (χ0n) is 28.5. The fraction of sp³-hybridized carbons (Fsp3) is 0. The molecule has 10 aromatic rings. The summed E-state index contributed by atoms with van der Waals surface area (Å²) in [7, 11) is 0. The molecule has 0 aliphatic carbocycles. The van der Waals surface area contributed by atoms with Crippen molar-refractivity contribution in [3.8, 4) is 27.9 Å². The maximum Gasteiger partial charge on any atom is 0.0546 e. The Kier molecular flexibility index (Phi) is 7.18. The smallest absolute Gasteiger partial charge is 0.0546 e. The molecule has 52 heavy (non-hydrogen) atoms. The molecule has 0 spiro atoms. The van der Waals surface area contributed by atoms with Crippen LogP contribution in [0.4, 0.5) is 17.1 Å². The summed E-state index contributed by atoms with van der Waals surface area (Å²) < 4.78 is 2.38. The Bertz CT molecular complexity index is 2840. The van der Waals surface area contributed by atoms with Crippen LogP contribution in [0.2, 0.25) is 0 Å². The van der Waals surface area contributed by atoms with Crippen LogP contribution < -0.4 is 4.90 Å². The minimum atomic E-state index is 1.09. The average molecular weight is 663 g/mol. The third-order valence-electron chi connectivity index (χ3n) is 10.4. The second-order valence-electron chi connectivity index (χ2n) is 13.3. The van der Waals surface area contributed by atoms with Gasteiger partial charge in [0.1, 0.15) is 0 Å². The minimum Gasteiger partial charge on any atom is -0.310 e. The number of nitrogens with zero attached hydrogens (tertiary/aromatic N) is 2. The molecule has 0 atom stereocenters. The highest BCUT2D eigenvalue weighted by Crippen LogP contribution is 2.45. The Balaban J connectivity index is 1.21. The molecule has 1 heterocycles. The number of para-hydroxylation sites is 3. The molecule has 1 aromatic heterocycles. The molecular formula is C50H34N2. The van der Waals surface area contributed by atoms with Crippen LogP contribution in [-0.2, 0) is 0 Å². The highest BCUT2D eigenvalue weighted by atomic mass is 15.1. The van der Waals surface area contributed by atoms with Crippen molar-refractivity contribution in [1.29, 1.82) is 0 Å². The molecular weight excluding hydrogens is 629 g/mol. The molecule has 2 nitrogen and oxygen atoms in total. The van der Waals surface area contributed by atoms with Gasteiger partial charge in [-0.05, 0) is 92.8 Å². The predicted octanol–water partition coefficient (Wildman–Crippen LogP) is 13.9. The first-order valence-corrected chi connectivity index (χ1v) is 17.9. The van der Waals surface area contributed by atoms with E-state index in [2.05, 4.69) is 216 Å². The van der Waals surface area contributed by atoms with Gasteiger partial charge in [-0.25, -0.2) is 0 Å². The van der Waals surface area contributed by atoms with Crippen molar-refractivity contribution in [2.24, 2.45) is 0 Å². The highest BCUT2D eigenvalue weighted by Gasteiger charge is 2.21. The molecule has 0 aliphatic heterocycles. The van der Waals surface area contributed by atoms with E-state index in [4.69, 9.17) is 0 Å². The third kappa shape index (κ3) is 4.96. The molecule has 0 saturated carbocycles. The van der Waals surface area contributed by atoms with E-state index in [1.807, 2.05) is 0 Å². The van der Waals surface area contributed by atoms with E-state index in [1.54, 1.807) is 0 Å². The maximum absolute atomic E-state index is 2.42. The summed E-state index contributed by atoms with van der Waals surface area (Å²) >= 11 is 0. The first kappa shape index (κ1) is 30.0. The van der Waals surface area contributed by atoms with Crippen LogP contribution in [0.5, 0.6) is 0 Å². The Hall–Kier alpha value is -6.90. The predicted molar refractivity (Wildman–Crippen MR) is 221 cm³/mol. The molecule has 10 rings (SSSR count). The van der Waals surface area contributed by atoms with Gasteiger partial charge in [-0.1, -0.05) is 152 Å². The standard InChI is InChI=1S/C50H34N2/c1-2-18-38(19-3-1)51(39-29-31-40(32-30-39)52-48-26-10-8-22-45(48)46-23-9-11-27-49(46)52)50-34-37(43-24-12-16-35-14-4-6-20-41(35)43)28-33-47(50)44-25-13-17-36-15-5-7-21-42(36)44/h1-34H. The Labute approximate surface area is 303 Å². The van der Waals surface area contributed by atoms with Crippen molar-refractivity contribution in [3.63, 3.8) is 0 Å². The van der Waals surface area contributed by atoms with Gasteiger partial charge < -0.3 is 9.47 Å². The van der Waals surface area contributed by atoms with Crippen molar-refractivity contribution < 1.29 is 0 Å². The van der Waals surface area contributed by atoms with Gasteiger partial charge in [-0.15, -0.1) is 0 Å². The normalized spacial score (nSPS) is 11.5. The second-order valence-corrected chi connectivity index (χ2v) is 13.3. The van der Waals surface area contributed by atoms with Gasteiger partial charge in [-0.2, -0.15) is 0 Å². The van der Waals surface area contributed by atoms with Gasteiger partial charge in [0.05, 0.1) is 16.7 Å². The monoisotopic (exact) mass is 662 g/mol. The van der Waals surface area contributed by atoms with Gasteiger partial charge in [0.2, 0.25) is 0 Å². The lowest BCUT2D eigenvalue weighted by Gasteiger charge is -2.29. The molecule has 2 heteroatoms. The topological polar surface area (TPSA) is 8.17 Å². The Morgan fingerprint density at radius 3 is 1.48 bits per heavy atom. The van der Waals surface area contributed by atoms with E-state index in [9.17, 15) is 0 Å². The van der Waals surface area contributed by atoms with E-state index < -0.39 is 0 Å². The first-order valence-electron chi connectivity index (χ1n) is 17.9. The van der Waals surface area contributed by atoms with Gasteiger partial charge in [0, 0.05) is 33.4 Å². The van der Waals surface area contributed by atoms with E-state index >= 15 is 0 Å². The number of hydrogen-bond acceptors (Lipinski definition) is 1. The number of hydrogen-bond donors (Lipinski definition) is 0. The number of fused-ring (bicyclic) bond motifs is 5. The van der Waals surface area contributed by atoms with Crippen molar-refractivity contribution in [2.75, 3.05) is 4.90 Å². The summed E-state index contributed by atoms with van der Waals surface area (Å²) in [5, 5.41) is 7.47. The molecule has 0 N–H and O–H groups in total. The fourth-order valence-electron chi connectivity index (χ4n) is 8.01. The van der Waals surface area contributed by atoms with E-state index in [-0.39, 0.29) is 0 Å². The minimum absolute atomic E-state index is 1.09. The van der Waals surface area contributed by atoms with Crippen molar-refractivity contribution >= 4 is 60.4 Å². The van der Waals surface area contributed by atoms with Crippen molar-refractivity contribution in [2.45, 2.75) is 0 Å². The van der Waals surface area contributed by atoms with E-state index in [0.717, 1.165) is 22.7 Å². The lowest BCUT2D eigenvalue weighted by Crippen LogP contribution is -2.11. The molecule has 0 saturated heterocycles. The highest BCUT2D eigenvalue weighted by molar-refractivity contribution is 6.09. The van der Waals surface area contributed by atoms with E-state index in [1.165, 1.54) is 65.6 Å². The number of benzene rings is 9. The quantitative estimate of drug-likeness (QED) is 0.172. The Morgan fingerprint density at radius 1 is 0.327 bits per heavy atom. The molecule has 0 amide bonds. The lowest BCUT2D eigenvalue weighted by atomic mass is 9.92. The third-order valence-corrected chi connectivity index (χ3v) is 10.4. The Morgan fingerprint density at radius 2 is 0.827 bits per heavy atom. The van der Waals surface area contributed by atoms with Gasteiger partial charge >= 0.3 is 0 Å². The molecule has 0 aliphatic rings. The zero-order chi connectivity index (χ0) is 34.4. The number of aromatic nitrogens is 1. The first-order chi connectivity index (χ1) is 25.8. The lowest BCUT2D eigenvalue weighted by molar-refractivity contribution is 1.17. The van der Waals surface area contributed by atoms with Crippen LogP contribution >= 0.6 is 0 Å². The fourth-order valence-corrected chi connectivity index (χ4v) is 8.01. The van der Waals surface area contributed by atoms with Crippen LogP contribution in [0.1, 0.15) is 0 Å². The molecule has 9 aromatic carbocycles. The van der Waals surface area contributed by atoms with Gasteiger partial charge in [0.15, 0.2) is 0 Å². The average Bonchev–Trinajstić information content (AvgIpc) is 3.56. The van der Waals surface area contributed by atoms with Crippen LogP contribution in [0.25, 0.3) is 71.3 Å². The number of anilines is 3. The van der Waals surface area contributed by atoms with Crippen LogP contribution in [0, 0.1) is 0 Å². The molecule has 244 valence electrons. The molecule has 0 fully saturated rings. The largest absolute Gasteiger partial charge is 0.310 e. The summed E-state index contributed by atoms with van der Waals surface area (Å²) in [6.07, 6.45) is 0. The number of rotatable bonds is 6. The summed E-state index contributed by atoms with van der Waals surface area (Å²) in [5.74, 6) is 0. The van der Waals surface area contributed by atoms with Crippen molar-refractivity contribution in [3.05, 3.63) is 206 Å². The summed E-state index contributed by atoms with van der Waals surface area (Å²) in [5.41, 5.74) is 11.6. The van der Waals surface area contributed by atoms with Crippen molar-refractivity contribution in [1.82, 2.24) is 4.57 Å². The molecule has 0 unspecified atom stereocenters. The SMILES string of the molecule is c1ccc(N(c2ccc(-n3c4ccccc4c4ccccc43)cc2)c2cc(-c3cccc4ccccc34)ccc2-c2cccc3ccccc23)cc1. The summed E-state index contributed by atoms with van der Waals surface area (Å²) in [4.78, 5) is 2.42. The summed E-state index contributed by atoms with van der Waals surface area (Å²) in [6, 6.07) is 74.8. The van der Waals surface area contributed by atoms with Gasteiger partial charge in [-0.3, -0.25) is 0 Å². The second kappa shape index (κ2) is 12.5. The van der Waals surface area contributed by atoms with Crippen LogP contribution in [0.3, 0.4) is 0 Å². The van der Waals surface area contributed by atoms with E-state index in [0.29, 0.717) is 0 Å². The summed E-state index contributed by atoms with van der Waals surface area (Å²) in [6.45, 7) is 0. The zero-order valence-corrected chi connectivity index (χ0v) is 28.5. The molecule has 0 bridgehead atoms. The van der Waals surface area contributed by atoms with Crippen LogP contribution in [-0.4, -0.2) is 4.57 Å².